The van der Waals surface area contributed by atoms with Crippen LogP contribution in [-0.4, -0.2) is 51.4 Å². The number of sulfonamides is 1. The number of hydrogen-bond acceptors (Lipinski definition) is 4. The molecule has 2 N–H and O–H groups in total. The maximum atomic E-state index is 12.9. The molecule has 8 heteroatoms. The summed E-state index contributed by atoms with van der Waals surface area (Å²) >= 11 is 0. The maximum Gasteiger partial charge on any atom is 0.241 e. The van der Waals surface area contributed by atoms with Crippen molar-refractivity contribution in [3.05, 3.63) is 27.8 Å². The minimum absolute atomic E-state index is 0. The molecular weight excluding hydrogens is 386 g/mol. The Morgan fingerprint density at radius 2 is 1.59 bits per heavy atom. The Balaban J connectivity index is 0.00000364. The molecule has 6 nitrogen and oxygen atoms in total. The molecular formula is C19H32ClN3O3S. The van der Waals surface area contributed by atoms with Crippen molar-refractivity contribution in [2.24, 2.45) is 0 Å². The van der Waals surface area contributed by atoms with Gasteiger partial charge in [-0.15, -0.1) is 12.4 Å². The van der Waals surface area contributed by atoms with Crippen molar-refractivity contribution in [2.45, 2.75) is 58.9 Å². The molecule has 1 aromatic rings. The fourth-order valence-electron chi connectivity index (χ4n) is 3.55. The first kappa shape index (κ1) is 23.9. The molecule has 1 fully saturated rings. The van der Waals surface area contributed by atoms with E-state index in [0.29, 0.717) is 18.0 Å². The summed E-state index contributed by atoms with van der Waals surface area (Å²) in [4.78, 5) is 14.5. The smallest absolute Gasteiger partial charge is 0.241 e. The highest BCUT2D eigenvalue weighted by molar-refractivity contribution is 7.89. The average molecular weight is 418 g/mol. The van der Waals surface area contributed by atoms with Gasteiger partial charge in [-0.2, -0.15) is 0 Å². The van der Waals surface area contributed by atoms with Gasteiger partial charge in [0, 0.05) is 38.6 Å². The number of carbonyl (C=O) groups is 1. The average Bonchev–Trinajstić information content (AvgIpc) is 2.58. The lowest BCUT2D eigenvalue weighted by atomic mass is 9.95. The van der Waals surface area contributed by atoms with Gasteiger partial charge in [0.15, 0.2) is 0 Å². The number of nitrogens with one attached hydrogen (secondary N) is 2. The molecule has 1 unspecified atom stereocenters. The molecule has 1 amide bonds. The van der Waals surface area contributed by atoms with E-state index >= 15 is 0 Å². The number of nitrogens with zero attached hydrogens (tertiary/aromatic N) is 1. The number of carbonyl (C=O) groups excluding carboxylic acids is 1. The van der Waals surface area contributed by atoms with Crippen LogP contribution in [0.4, 0.5) is 0 Å². The molecule has 1 aliphatic heterocycles. The van der Waals surface area contributed by atoms with Crippen LogP contribution in [0.3, 0.4) is 0 Å². The van der Waals surface area contributed by atoms with Gasteiger partial charge in [-0.25, -0.2) is 13.1 Å². The highest BCUT2D eigenvalue weighted by atomic mass is 35.5. The predicted octanol–water partition coefficient (Wildman–Crippen LogP) is 2.14. The first-order valence-electron chi connectivity index (χ1n) is 9.14. The summed E-state index contributed by atoms with van der Waals surface area (Å²) < 4.78 is 28.3. The summed E-state index contributed by atoms with van der Waals surface area (Å²) in [6, 6.07) is 0.271. The number of benzene rings is 1. The third-order valence-electron chi connectivity index (χ3n) is 5.55. The van der Waals surface area contributed by atoms with Crippen molar-refractivity contribution >= 4 is 28.3 Å². The third kappa shape index (κ3) is 5.22. The van der Waals surface area contributed by atoms with E-state index in [9.17, 15) is 13.2 Å². The van der Waals surface area contributed by atoms with Gasteiger partial charge in [-0.1, -0.05) is 0 Å². The van der Waals surface area contributed by atoms with Crippen LogP contribution < -0.4 is 10.0 Å². The molecule has 1 saturated heterocycles. The monoisotopic (exact) mass is 417 g/mol. The molecule has 0 aromatic heterocycles. The van der Waals surface area contributed by atoms with Gasteiger partial charge in [0.25, 0.3) is 0 Å². The lowest BCUT2D eigenvalue weighted by Gasteiger charge is -2.32. The van der Waals surface area contributed by atoms with E-state index in [2.05, 4.69) is 10.0 Å². The Kier molecular flexibility index (Phi) is 8.29. The summed E-state index contributed by atoms with van der Waals surface area (Å²) in [5, 5.41) is 3.29. The number of piperazine rings is 1. The van der Waals surface area contributed by atoms with Crippen LogP contribution in [-0.2, 0) is 14.8 Å². The lowest BCUT2D eigenvalue weighted by molar-refractivity contribution is -0.132. The number of rotatable bonds is 5. The lowest BCUT2D eigenvalue weighted by Crippen LogP contribution is -2.51. The highest BCUT2D eigenvalue weighted by Crippen LogP contribution is 2.29. The zero-order valence-electron chi connectivity index (χ0n) is 17.1. The normalized spacial score (nSPS) is 17.6. The van der Waals surface area contributed by atoms with E-state index < -0.39 is 10.0 Å². The van der Waals surface area contributed by atoms with Gasteiger partial charge in [0.2, 0.25) is 15.9 Å². The van der Waals surface area contributed by atoms with Gasteiger partial charge in [-0.05, 0) is 69.4 Å². The molecule has 1 aromatic carbocycles. The Hall–Kier alpha value is -1.15. The summed E-state index contributed by atoms with van der Waals surface area (Å²) in [7, 11) is -3.65. The van der Waals surface area contributed by atoms with Gasteiger partial charge in [-0.3, -0.25) is 4.79 Å². The van der Waals surface area contributed by atoms with E-state index in [0.717, 1.165) is 34.4 Å². The molecule has 0 spiro atoms. The Morgan fingerprint density at radius 1 is 1.07 bits per heavy atom. The fraction of sp³-hybridized carbons (Fsp3) is 0.632. The Bertz CT molecular complexity index is 780. The minimum Gasteiger partial charge on any atom is -0.340 e. The number of hydrogen-bond donors (Lipinski definition) is 2. The molecule has 0 bridgehead atoms. The van der Waals surface area contributed by atoms with E-state index in [1.165, 1.54) is 0 Å². The molecule has 0 saturated carbocycles. The first-order valence-corrected chi connectivity index (χ1v) is 10.6. The van der Waals surface area contributed by atoms with Crippen LogP contribution in [0.5, 0.6) is 0 Å². The summed E-state index contributed by atoms with van der Waals surface area (Å²) in [5.74, 6) is -0.00855. The van der Waals surface area contributed by atoms with Crippen LogP contribution in [0.2, 0.25) is 0 Å². The molecule has 27 heavy (non-hydrogen) atoms. The SMILES string of the molecule is Cc1c(C)c(C)c(S(=O)(=O)NCCC(=O)N2CCNC(C)C2)c(C)c1C.Cl. The van der Waals surface area contributed by atoms with Gasteiger partial charge >= 0.3 is 0 Å². The van der Waals surface area contributed by atoms with Crippen molar-refractivity contribution in [3.63, 3.8) is 0 Å². The van der Waals surface area contributed by atoms with Gasteiger partial charge in [0.1, 0.15) is 0 Å². The first-order chi connectivity index (χ1) is 12.1. The minimum atomic E-state index is -3.65. The topological polar surface area (TPSA) is 78.5 Å². The Morgan fingerprint density at radius 3 is 2.11 bits per heavy atom. The van der Waals surface area contributed by atoms with Crippen molar-refractivity contribution in [3.8, 4) is 0 Å². The summed E-state index contributed by atoms with van der Waals surface area (Å²) in [6.45, 7) is 13.9. The van der Waals surface area contributed by atoms with Gasteiger partial charge in [0.05, 0.1) is 4.90 Å². The van der Waals surface area contributed by atoms with Crippen LogP contribution in [0.1, 0.15) is 41.2 Å². The van der Waals surface area contributed by atoms with Crippen molar-refractivity contribution in [1.29, 1.82) is 0 Å². The maximum absolute atomic E-state index is 12.9. The van der Waals surface area contributed by atoms with Crippen molar-refractivity contribution < 1.29 is 13.2 Å². The fourth-order valence-corrected chi connectivity index (χ4v) is 5.18. The largest absolute Gasteiger partial charge is 0.340 e. The van der Waals surface area contributed by atoms with Crippen LogP contribution >= 0.6 is 12.4 Å². The molecule has 1 heterocycles. The Labute approximate surface area is 169 Å². The van der Waals surface area contributed by atoms with Crippen LogP contribution in [0.15, 0.2) is 4.90 Å². The molecule has 0 radical (unpaired) electrons. The second-order valence-corrected chi connectivity index (χ2v) is 9.00. The van der Waals surface area contributed by atoms with E-state index in [1.54, 1.807) is 4.90 Å². The predicted molar refractivity (Wildman–Crippen MR) is 111 cm³/mol. The van der Waals surface area contributed by atoms with Crippen LogP contribution in [0, 0.1) is 34.6 Å². The van der Waals surface area contributed by atoms with E-state index in [4.69, 9.17) is 0 Å². The standard InChI is InChI=1S/C19H31N3O3S.ClH/c1-12-11-22(10-9-20-12)18(23)7-8-21-26(24,25)19-16(5)14(3)13(2)15(4)17(19)6;/h12,20-21H,7-11H2,1-6H3;1H. The zero-order chi connectivity index (χ0) is 19.6. The quantitative estimate of drug-likeness (QED) is 0.769. The van der Waals surface area contributed by atoms with E-state index in [-0.39, 0.29) is 37.3 Å². The van der Waals surface area contributed by atoms with Crippen molar-refractivity contribution in [1.82, 2.24) is 14.9 Å². The van der Waals surface area contributed by atoms with Crippen molar-refractivity contribution in [2.75, 3.05) is 26.2 Å². The molecule has 1 aliphatic rings. The summed E-state index contributed by atoms with van der Waals surface area (Å²) in [5.41, 5.74) is 4.68. The molecule has 154 valence electrons. The second-order valence-electron chi connectivity index (χ2n) is 7.30. The number of halogens is 1. The second kappa shape index (κ2) is 9.37. The summed E-state index contributed by atoms with van der Waals surface area (Å²) in [6.07, 6.45) is 0.174. The van der Waals surface area contributed by atoms with Crippen LogP contribution in [0.25, 0.3) is 0 Å². The molecule has 2 rings (SSSR count). The zero-order valence-corrected chi connectivity index (χ0v) is 18.7. The highest BCUT2D eigenvalue weighted by Gasteiger charge is 2.25. The molecule has 1 atom stereocenters. The third-order valence-corrected chi connectivity index (χ3v) is 7.29. The number of amides is 1. The van der Waals surface area contributed by atoms with Gasteiger partial charge < -0.3 is 10.2 Å². The van der Waals surface area contributed by atoms with E-state index in [1.807, 2.05) is 41.5 Å². The molecule has 0 aliphatic carbocycles.